The lowest BCUT2D eigenvalue weighted by molar-refractivity contribution is 0.660. The predicted octanol–water partition coefficient (Wildman–Crippen LogP) is 19.5. The summed E-state index contributed by atoms with van der Waals surface area (Å²) in [5.41, 5.74) is 25.5. The Hall–Kier alpha value is -8.72. The lowest BCUT2D eigenvalue weighted by Crippen LogP contribution is -2.16. The molecule has 0 fully saturated rings. The van der Waals surface area contributed by atoms with E-state index in [0.717, 1.165) is 55.5 Å². The van der Waals surface area contributed by atoms with Gasteiger partial charge in [0.15, 0.2) is 0 Å². The van der Waals surface area contributed by atoms with Crippen molar-refractivity contribution >= 4 is 49.8 Å². The number of hydrogen-bond donors (Lipinski definition) is 0. The molecule has 0 saturated heterocycles. The van der Waals surface area contributed by atoms with E-state index in [0.29, 0.717) is 0 Å². The number of nitrogens with zero attached hydrogens (tertiary/aromatic N) is 1. The summed E-state index contributed by atoms with van der Waals surface area (Å²) < 4.78 is 6.60. The number of anilines is 3. The average Bonchev–Trinajstić information content (AvgIpc) is 4.02. The van der Waals surface area contributed by atoms with Crippen molar-refractivity contribution in [3.63, 3.8) is 0 Å². The molecule has 72 heavy (non-hydrogen) atoms. The fourth-order valence-corrected chi connectivity index (χ4v) is 12.6. The van der Waals surface area contributed by atoms with Crippen molar-refractivity contribution in [1.82, 2.24) is 0 Å². The molecule has 0 saturated carbocycles. The minimum Gasteiger partial charge on any atom is -0.455 e. The molecule has 2 nitrogen and oxygen atoms in total. The third-order valence-electron chi connectivity index (χ3n) is 16.1. The zero-order chi connectivity index (χ0) is 48.3. The van der Waals surface area contributed by atoms with Crippen LogP contribution >= 0.6 is 0 Å². The summed E-state index contributed by atoms with van der Waals surface area (Å²) in [5, 5.41) is 4.58. The summed E-state index contributed by atoms with van der Waals surface area (Å²) in [4.78, 5) is 2.38. The second-order valence-corrected chi connectivity index (χ2v) is 20.8. The monoisotopic (exact) mass is 921 g/mol. The third-order valence-corrected chi connectivity index (χ3v) is 16.1. The van der Waals surface area contributed by atoms with Crippen molar-refractivity contribution in [2.24, 2.45) is 0 Å². The topological polar surface area (TPSA) is 16.4 Å². The molecule has 1 heterocycles. The highest BCUT2D eigenvalue weighted by Gasteiger charge is 2.38. The maximum atomic E-state index is 6.60. The molecule has 0 aliphatic heterocycles. The van der Waals surface area contributed by atoms with E-state index in [4.69, 9.17) is 4.42 Å². The van der Waals surface area contributed by atoms with Gasteiger partial charge in [-0.25, -0.2) is 0 Å². The largest absolute Gasteiger partial charge is 0.455 e. The van der Waals surface area contributed by atoms with E-state index in [1.807, 2.05) is 0 Å². The number of fused-ring (bicyclic) bond motifs is 11. The lowest BCUT2D eigenvalue weighted by atomic mass is 9.78. The van der Waals surface area contributed by atoms with Crippen LogP contribution in [0, 0.1) is 0 Å². The van der Waals surface area contributed by atoms with Gasteiger partial charge in [-0.05, 0) is 149 Å². The molecule has 1 aromatic heterocycles. The lowest BCUT2D eigenvalue weighted by Gasteiger charge is -2.27. The Morgan fingerprint density at radius 1 is 0.319 bits per heavy atom. The van der Waals surface area contributed by atoms with Crippen LogP contribution in [0.4, 0.5) is 17.1 Å². The molecule has 12 aromatic rings. The van der Waals surface area contributed by atoms with Gasteiger partial charge in [-0.15, -0.1) is 0 Å². The standard InChI is InChI=1S/C70H51NO/c1-69(2)62-24-11-9-19-56(62)58-41-34-48(43-64(58)69)44-27-35-49(36-28-44)71(51-39-31-47(32-40-51)53-21-14-26-65-66(53)61-42-33-45-15-5-6-17-54(45)68(61)72-65)50-37-29-46(30-38-50)52-16-7-8-18-55(52)59-22-13-23-60-57-20-10-12-25-63(57)70(3,4)67(59)60/h5-43H,1-4H3. The molecule has 11 aromatic carbocycles. The van der Waals surface area contributed by atoms with Gasteiger partial charge in [-0.1, -0.05) is 210 Å². The van der Waals surface area contributed by atoms with Crippen LogP contribution in [-0.2, 0) is 10.8 Å². The molecule has 0 amide bonds. The Morgan fingerprint density at radius 2 is 0.806 bits per heavy atom. The van der Waals surface area contributed by atoms with Crippen molar-refractivity contribution in [3.8, 4) is 66.8 Å². The molecule has 2 aliphatic rings. The minimum absolute atomic E-state index is 0.0638. The molecule has 14 rings (SSSR count). The molecule has 0 bridgehead atoms. The average molecular weight is 922 g/mol. The fourth-order valence-electron chi connectivity index (χ4n) is 12.6. The first-order valence-corrected chi connectivity index (χ1v) is 25.2. The number of furan rings is 1. The smallest absolute Gasteiger partial charge is 0.143 e. The van der Waals surface area contributed by atoms with E-state index in [9.17, 15) is 0 Å². The Bertz CT molecular complexity index is 4130. The van der Waals surface area contributed by atoms with Crippen LogP contribution in [0.25, 0.3) is 99.5 Å². The van der Waals surface area contributed by atoms with Crippen LogP contribution in [0.2, 0.25) is 0 Å². The Balaban J connectivity index is 0.857. The van der Waals surface area contributed by atoms with Crippen LogP contribution in [0.1, 0.15) is 49.9 Å². The zero-order valence-corrected chi connectivity index (χ0v) is 40.9. The second-order valence-electron chi connectivity index (χ2n) is 20.8. The van der Waals surface area contributed by atoms with Crippen molar-refractivity contribution in [1.29, 1.82) is 0 Å². The molecule has 0 unspecified atom stereocenters. The van der Waals surface area contributed by atoms with E-state index in [1.54, 1.807) is 0 Å². The van der Waals surface area contributed by atoms with E-state index in [2.05, 4.69) is 269 Å². The van der Waals surface area contributed by atoms with Crippen LogP contribution in [0.15, 0.2) is 241 Å². The molecule has 2 aliphatic carbocycles. The molecule has 0 spiro atoms. The second kappa shape index (κ2) is 15.9. The first-order valence-electron chi connectivity index (χ1n) is 25.2. The molecule has 0 N–H and O–H groups in total. The molecule has 0 atom stereocenters. The maximum absolute atomic E-state index is 6.60. The summed E-state index contributed by atoms with van der Waals surface area (Å²) in [6.45, 7) is 9.45. The first kappa shape index (κ1) is 42.2. The number of hydrogen-bond acceptors (Lipinski definition) is 2. The number of rotatable bonds is 7. The third kappa shape index (κ3) is 6.35. The highest BCUT2D eigenvalue weighted by atomic mass is 16.3. The summed E-state index contributed by atoms with van der Waals surface area (Å²) in [6, 6.07) is 87.2. The Morgan fingerprint density at radius 3 is 1.50 bits per heavy atom. The fraction of sp³-hybridized carbons (Fsp3) is 0.0857. The number of benzene rings is 11. The van der Waals surface area contributed by atoms with Gasteiger partial charge in [0.05, 0.1) is 0 Å². The first-order chi connectivity index (χ1) is 35.2. The summed E-state index contributed by atoms with van der Waals surface area (Å²) >= 11 is 0. The van der Waals surface area contributed by atoms with Gasteiger partial charge in [0, 0.05) is 44.1 Å². The summed E-state index contributed by atoms with van der Waals surface area (Å²) in [5.74, 6) is 0. The molecular weight excluding hydrogens is 871 g/mol. The van der Waals surface area contributed by atoms with Gasteiger partial charge >= 0.3 is 0 Å². The summed E-state index contributed by atoms with van der Waals surface area (Å²) in [6.07, 6.45) is 0. The van der Waals surface area contributed by atoms with Crippen LogP contribution in [-0.4, -0.2) is 0 Å². The van der Waals surface area contributed by atoms with Crippen molar-refractivity contribution in [2.45, 2.75) is 38.5 Å². The van der Waals surface area contributed by atoms with Crippen LogP contribution in [0.5, 0.6) is 0 Å². The molecular formula is C70H51NO. The van der Waals surface area contributed by atoms with E-state index in [1.165, 1.54) is 83.3 Å². The zero-order valence-electron chi connectivity index (χ0n) is 40.9. The Labute approximate surface area is 421 Å². The van der Waals surface area contributed by atoms with E-state index < -0.39 is 0 Å². The van der Waals surface area contributed by atoms with Crippen molar-refractivity contribution in [2.75, 3.05) is 4.90 Å². The van der Waals surface area contributed by atoms with E-state index in [-0.39, 0.29) is 10.8 Å². The van der Waals surface area contributed by atoms with E-state index >= 15 is 0 Å². The van der Waals surface area contributed by atoms with Gasteiger partial charge in [-0.3, -0.25) is 0 Å². The van der Waals surface area contributed by atoms with Crippen LogP contribution < -0.4 is 4.90 Å². The molecule has 2 heteroatoms. The normalized spacial score (nSPS) is 13.8. The highest BCUT2D eigenvalue weighted by Crippen LogP contribution is 2.54. The highest BCUT2D eigenvalue weighted by molar-refractivity contribution is 6.19. The maximum Gasteiger partial charge on any atom is 0.143 e. The summed E-state index contributed by atoms with van der Waals surface area (Å²) in [7, 11) is 0. The Kier molecular flexibility index (Phi) is 9.32. The van der Waals surface area contributed by atoms with Gasteiger partial charge in [0.25, 0.3) is 0 Å². The molecule has 342 valence electrons. The van der Waals surface area contributed by atoms with Crippen molar-refractivity contribution < 1.29 is 4.42 Å². The minimum atomic E-state index is -0.123. The quantitative estimate of drug-likeness (QED) is 0.158. The van der Waals surface area contributed by atoms with Gasteiger partial charge in [0.1, 0.15) is 11.2 Å². The van der Waals surface area contributed by atoms with Gasteiger partial charge in [0.2, 0.25) is 0 Å². The van der Waals surface area contributed by atoms with Gasteiger partial charge < -0.3 is 9.32 Å². The van der Waals surface area contributed by atoms with Crippen LogP contribution in [0.3, 0.4) is 0 Å². The van der Waals surface area contributed by atoms with Crippen molar-refractivity contribution in [3.05, 3.63) is 259 Å². The molecule has 0 radical (unpaired) electrons. The predicted molar refractivity (Wildman–Crippen MR) is 303 cm³/mol. The van der Waals surface area contributed by atoms with Gasteiger partial charge in [-0.2, -0.15) is 0 Å². The SMILES string of the molecule is CC1(C)c2ccccc2-c2ccc(-c3ccc(N(c4ccc(-c5ccccc5-c5cccc6c5C(C)(C)c5ccccc5-6)cc4)c4ccc(-c5cccc6oc7c8ccccc8ccc7c56)cc4)cc3)cc21.